The van der Waals surface area contributed by atoms with Crippen LogP contribution < -0.4 is 10.3 Å². The number of anilines is 1. The van der Waals surface area contributed by atoms with Crippen LogP contribution in [-0.4, -0.2) is 34.9 Å². The van der Waals surface area contributed by atoms with Crippen LogP contribution in [0.4, 0.5) is 5.69 Å². The molecule has 0 bridgehead atoms. The number of hydrazone groups is 1. The summed E-state index contributed by atoms with van der Waals surface area (Å²) < 4.78 is 0. The average molecular weight is 469 g/mol. The number of aliphatic hydroxyl groups excluding tert-OH is 1. The maximum Gasteiger partial charge on any atom is 0.267 e. The molecule has 0 radical (unpaired) electrons. The predicted octanol–water partition coefficient (Wildman–Crippen LogP) is 5.05. The minimum atomic E-state index is -0.504. The summed E-state index contributed by atoms with van der Waals surface area (Å²) in [6.07, 6.45) is 10.1. The summed E-state index contributed by atoms with van der Waals surface area (Å²) >= 11 is 18.6. The number of allylic oxidation sites excluding steroid dienone is 3. The molecule has 4 rings (SSSR count). The second-order valence-electron chi connectivity index (χ2n) is 8.04. The highest BCUT2D eigenvalue weighted by atomic mass is 35.5. The van der Waals surface area contributed by atoms with Crippen LogP contribution >= 0.6 is 34.8 Å². The SMILES string of the molecule is O=C(N[C@H]1CCCC[C@@H]1O)C1=NN(c2ccc(Cl)cc2Cl)[C@@H](C2C=CC(Cl)=CC2)C1. The fraction of sp³-hybridized carbons (Fsp3) is 0.455. The number of halogens is 3. The number of amides is 1. The van der Waals surface area contributed by atoms with Crippen LogP contribution in [0.25, 0.3) is 0 Å². The number of hydrogen-bond donors (Lipinski definition) is 2. The van der Waals surface area contributed by atoms with Gasteiger partial charge in [0.05, 0.1) is 28.9 Å². The van der Waals surface area contributed by atoms with Crippen LogP contribution in [0.5, 0.6) is 0 Å². The van der Waals surface area contributed by atoms with Gasteiger partial charge in [-0.3, -0.25) is 9.80 Å². The Morgan fingerprint density at radius 3 is 2.70 bits per heavy atom. The molecule has 0 spiro atoms. The number of carbonyl (C=O) groups excluding carboxylic acids is 1. The molecule has 0 saturated heterocycles. The Morgan fingerprint density at radius 1 is 1.20 bits per heavy atom. The zero-order valence-electron chi connectivity index (χ0n) is 16.4. The number of carbonyl (C=O) groups is 1. The molecule has 2 N–H and O–H groups in total. The van der Waals surface area contributed by atoms with Gasteiger partial charge < -0.3 is 10.4 Å². The monoisotopic (exact) mass is 467 g/mol. The molecule has 1 aromatic carbocycles. The lowest BCUT2D eigenvalue weighted by Crippen LogP contribution is -2.47. The first-order valence-electron chi connectivity index (χ1n) is 10.3. The third-order valence-corrected chi connectivity index (χ3v) is 6.81. The van der Waals surface area contributed by atoms with Gasteiger partial charge in [0.15, 0.2) is 0 Å². The van der Waals surface area contributed by atoms with Crippen molar-refractivity contribution in [1.29, 1.82) is 0 Å². The van der Waals surface area contributed by atoms with E-state index in [4.69, 9.17) is 34.8 Å². The summed E-state index contributed by atoms with van der Waals surface area (Å²) in [6, 6.07) is 4.96. The Kier molecular flexibility index (Phi) is 6.73. The Morgan fingerprint density at radius 2 is 2.00 bits per heavy atom. The highest BCUT2D eigenvalue weighted by Gasteiger charge is 2.37. The van der Waals surface area contributed by atoms with E-state index in [0.29, 0.717) is 39.3 Å². The van der Waals surface area contributed by atoms with Crippen molar-refractivity contribution < 1.29 is 9.90 Å². The van der Waals surface area contributed by atoms with Crippen LogP contribution in [-0.2, 0) is 4.79 Å². The van der Waals surface area contributed by atoms with Gasteiger partial charge in [0.1, 0.15) is 5.71 Å². The zero-order chi connectivity index (χ0) is 21.3. The topological polar surface area (TPSA) is 64.9 Å². The van der Waals surface area contributed by atoms with Crippen molar-refractivity contribution in [2.24, 2.45) is 11.0 Å². The average Bonchev–Trinajstić information content (AvgIpc) is 3.15. The number of rotatable bonds is 4. The highest BCUT2D eigenvalue weighted by molar-refractivity contribution is 6.40. The van der Waals surface area contributed by atoms with E-state index in [1.165, 1.54) is 0 Å². The Bertz CT molecular complexity index is 915. The van der Waals surface area contributed by atoms with E-state index < -0.39 is 6.10 Å². The summed E-state index contributed by atoms with van der Waals surface area (Å²) in [6.45, 7) is 0. The molecule has 1 unspecified atom stereocenters. The van der Waals surface area contributed by atoms with Gasteiger partial charge in [0.2, 0.25) is 0 Å². The van der Waals surface area contributed by atoms with Gasteiger partial charge in [-0.15, -0.1) is 0 Å². The smallest absolute Gasteiger partial charge is 0.267 e. The first kappa shape index (κ1) is 21.7. The normalized spacial score (nSPS) is 28.9. The van der Waals surface area contributed by atoms with Crippen molar-refractivity contribution in [3.05, 3.63) is 51.5 Å². The Hall–Kier alpha value is -1.53. The summed E-state index contributed by atoms with van der Waals surface area (Å²) in [5.41, 5.74) is 1.15. The second-order valence-corrected chi connectivity index (χ2v) is 9.32. The third-order valence-electron chi connectivity index (χ3n) is 5.99. The van der Waals surface area contributed by atoms with Crippen LogP contribution in [0, 0.1) is 5.92 Å². The fourth-order valence-corrected chi connectivity index (χ4v) is 4.98. The van der Waals surface area contributed by atoms with Crippen molar-refractivity contribution in [3.8, 4) is 0 Å². The molecule has 4 atom stereocenters. The molecular weight excluding hydrogens is 445 g/mol. The van der Waals surface area contributed by atoms with E-state index in [9.17, 15) is 9.90 Å². The molecule has 30 heavy (non-hydrogen) atoms. The number of nitrogens with zero attached hydrogens (tertiary/aromatic N) is 2. The van der Waals surface area contributed by atoms with Gasteiger partial charge in [0, 0.05) is 22.4 Å². The molecular formula is C22H24Cl3N3O2. The molecule has 1 aliphatic heterocycles. The molecule has 1 heterocycles. The lowest BCUT2D eigenvalue weighted by Gasteiger charge is -2.30. The molecule has 160 valence electrons. The van der Waals surface area contributed by atoms with E-state index in [2.05, 4.69) is 16.5 Å². The third kappa shape index (κ3) is 4.70. The van der Waals surface area contributed by atoms with Gasteiger partial charge in [-0.25, -0.2) is 0 Å². The Balaban J connectivity index is 1.58. The van der Waals surface area contributed by atoms with E-state index in [-0.39, 0.29) is 23.9 Å². The summed E-state index contributed by atoms with van der Waals surface area (Å²) in [7, 11) is 0. The molecule has 1 fully saturated rings. The van der Waals surface area contributed by atoms with E-state index >= 15 is 0 Å². The number of benzene rings is 1. The standard InChI is InChI=1S/C22H24Cl3N3O2/c23-14-7-5-13(6-8-14)20-12-18(22(30)26-17-3-1-2-4-21(17)29)27-28(20)19-10-9-15(24)11-16(19)25/h5,7-11,13,17,20-21,29H,1-4,6,12H2,(H,26,30)/t13?,17-,20+,21-/m0/s1. The van der Waals surface area contributed by atoms with Gasteiger partial charge in [-0.2, -0.15) is 5.10 Å². The van der Waals surface area contributed by atoms with E-state index in [0.717, 1.165) is 25.7 Å². The first-order valence-corrected chi connectivity index (χ1v) is 11.4. The molecule has 5 nitrogen and oxygen atoms in total. The quantitative estimate of drug-likeness (QED) is 0.650. The molecule has 1 saturated carbocycles. The van der Waals surface area contributed by atoms with Crippen molar-refractivity contribution in [2.75, 3.05) is 5.01 Å². The van der Waals surface area contributed by atoms with Crippen LogP contribution in [0.15, 0.2) is 46.6 Å². The van der Waals surface area contributed by atoms with Crippen molar-refractivity contribution >= 4 is 52.1 Å². The Labute approximate surface area is 191 Å². The summed E-state index contributed by atoms with van der Waals surface area (Å²) in [4.78, 5) is 13.0. The van der Waals surface area contributed by atoms with Gasteiger partial charge in [0.25, 0.3) is 5.91 Å². The minimum absolute atomic E-state index is 0.0713. The van der Waals surface area contributed by atoms with Crippen LogP contribution in [0.1, 0.15) is 38.5 Å². The summed E-state index contributed by atoms with van der Waals surface area (Å²) in [5.74, 6) is -0.0968. The molecule has 1 aromatic rings. The number of nitrogens with one attached hydrogen (secondary N) is 1. The van der Waals surface area contributed by atoms with E-state index in [1.54, 1.807) is 12.1 Å². The lowest BCUT2D eigenvalue weighted by molar-refractivity contribution is -0.116. The van der Waals surface area contributed by atoms with Crippen LogP contribution in [0.3, 0.4) is 0 Å². The maximum absolute atomic E-state index is 13.0. The molecule has 1 amide bonds. The molecule has 3 aliphatic rings. The summed E-state index contributed by atoms with van der Waals surface area (Å²) in [5, 5.41) is 21.4. The molecule has 8 heteroatoms. The van der Waals surface area contributed by atoms with Crippen molar-refractivity contribution in [2.45, 2.75) is 56.7 Å². The van der Waals surface area contributed by atoms with Crippen molar-refractivity contribution in [1.82, 2.24) is 5.32 Å². The number of hydrogen-bond acceptors (Lipinski definition) is 4. The predicted molar refractivity (Wildman–Crippen MR) is 122 cm³/mol. The second kappa shape index (κ2) is 9.31. The highest BCUT2D eigenvalue weighted by Crippen LogP contribution is 2.38. The zero-order valence-corrected chi connectivity index (χ0v) is 18.7. The maximum atomic E-state index is 13.0. The fourth-order valence-electron chi connectivity index (χ4n) is 4.33. The minimum Gasteiger partial charge on any atom is -0.391 e. The molecule has 0 aromatic heterocycles. The molecule has 2 aliphatic carbocycles. The lowest BCUT2D eigenvalue weighted by atomic mass is 9.89. The van der Waals surface area contributed by atoms with Gasteiger partial charge >= 0.3 is 0 Å². The van der Waals surface area contributed by atoms with E-state index in [1.807, 2.05) is 23.2 Å². The van der Waals surface area contributed by atoms with Gasteiger partial charge in [-0.05, 0) is 43.5 Å². The van der Waals surface area contributed by atoms with Crippen molar-refractivity contribution in [3.63, 3.8) is 0 Å². The first-order chi connectivity index (χ1) is 14.4. The van der Waals surface area contributed by atoms with Gasteiger partial charge in [-0.1, -0.05) is 59.8 Å². The largest absolute Gasteiger partial charge is 0.391 e. The van der Waals surface area contributed by atoms with Crippen LogP contribution in [0.2, 0.25) is 10.0 Å². The number of aliphatic hydroxyl groups is 1.